The molecule has 0 unspecified atom stereocenters. The summed E-state index contributed by atoms with van der Waals surface area (Å²) in [5.74, 6) is 0. The van der Waals surface area contributed by atoms with E-state index in [4.69, 9.17) is 5.26 Å². The third-order valence-electron chi connectivity index (χ3n) is 1.49. The van der Waals surface area contributed by atoms with Gasteiger partial charge in [0.25, 0.3) is 0 Å². The molecule has 0 aliphatic rings. The summed E-state index contributed by atoms with van der Waals surface area (Å²) in [5, 5.41) is 22.0. The minimum Gasteiger partial charge on any atom is -0.384 e. The Hall–Kier alpha value is -1.67. The van der Waals surface area contributed by atoms with Crippen LogP contribution in [-0.2, 0) is 0 Å². The van der Waals surface area contributed by atoms with Crippen molar-refractivity contribution in [3.63, 3.8) is 0 Å². The van der Waals surface area contributed by atoms with Gasteiger partial charge >= 0.3 is 0 Å². The van der Waals surface area contributed by atoms with Gasteiger partial charge in [-0.15, -0.1) is 0 Å². The molecule has 0 aliphatic carbocycles. The zero-order valence-corrected chi connectivity index (χ0v) is 7.47. The van der Waals surface area contributed by atoms with Gasteiger partial charge < -0.3 is 5.11 Å². The SMILES string of the molecule is CC(C)(O)/C(=C\C#N)n1cncn1. The van der Waals surface area contributed by atoms with Gasteiger partial charge in [0.05, 0.1) is 11.8 Å². The van der Waals surface area contributed by atoms with Crippen molar-refractivity contribution in [1.29, 1.82) is 5.26 Å². The molecule has 0 amide bonds. The van der Waals surface area contributed by atoms with Crippen molar-refractivity contribution in [3.05, 3.63) is 18.7 Å². The highest BCUT2D eigenvalue weighted by Crippen LogP contribution is 2.18. The number of rotatable bonds is 2. The Morgan fingerprint density at radius 1 is 1.69 bits per heavy atom. The molecule has 5 nitrogen and oxygen atoms in total. The van der Waals surface area contributed by atoms with E-state index < -0.39 is 5.60 Å². The van der Waals surface area contributed by atoms with Gasteiger partial charge in [0.15, 0.2) is 0 Å². The maximum absolute atomic E-state index is 9.67. The Morgan fingerprint density at radius 2 is 2.38 bits per heavy atom. The van der Waals surface area contributed by atoms with Crippen molar-refractivity contribution in [1.82, 2.24) is 14.8 Å². The number of aromatic nitrogens is 3. The van der Waals surface area contributed by atoms with E-state index in [1.54, 1.807) is 13.8 Å². The van der Waals surface area contributed by atoms with Gasteiger partial charge in [-0.3, -0.25) is 0 Å². The van der Waals surface area contributed by atoms with Gasteiger partial charge in [0, 0.05) is 6.08 Å². The van der Waals surface area contributed by atoms with E-state index in [0.29, 0.717) is 5.70 Å². The molecule has 1 aromatic heterocycles. The largest absolute Gasteiger partial charge is 0.384 e. The quantitative estimate of drug-likeness (QED) is 0.666. The van der Waals surface area contributed by atoms with Gasteiger partial charge in [-0.2, -0.15) is 10.4 Å². The van der Waals surface area contributed by atoms with Gasteiger partial charge in [-0.05, 0) is 13.8 Å². The summed E-state index contributed by atoms with van der Waals surface area (Å²) in [6, 6.07) is 1.85. The van der Waals surface area contributed by atoms with Crippen LogP contribution >= 0.6 is 0 Å². The van der Waals surface area contributed by atoms with Crippen LogP contribution in [0.2, 0.25) is 0 Å². The highest BCUT2D eigenvalue weighted by molar-refractivity contribution is 5.55. The summed E-state index contributed by atoms with van der Waals surface area (Å²) in [5.41, 5.74) is -0.712. The first-order valence-electron chi connectivity index (χ1n) is 3.73. The molecule has 13 heavy (non-hydrogen) atoms. The predicted molar refractivity (Wildman–Crippen MR) is 46.2 cm³/mol. The van der Waals surface area contributed by atoms with Gasteiger partial charge in [-0.1, -0.05) is 0 Å². The Bertz CT molecular complexity index is 339. The highest BCUT2D eigenvalue weighted by Gasteiger charge is 2.21. The first-order valence-corrected chi connectivity index (χ1v) is 3.73. The third-order valence-corrected chi connectivity index (χ3v) is 1.49. The fourth-order valence-corrected chi connectivity index (χ4v) is 0.917. The number of hydrogen-bond acceptors (Lipinski definition) is 4. The minimum atomic E-state index is -1.11. The standard InChI is InChI=1S/C8H10N4O/c1-8(2,13)7(3-4-9)12-6-10-5-11-12/h3,5-6,13H,1-2H3/b7-3+. The fraction of sp³-hybridized carbons (Fsp3) is 0.375. The van der Waals surface area contributed by atoms with Gasteiger partial charge in [-0.25, -0.2) is 9.67 Å². The molecule has 1 aromatic rings. The first kappa shape index (κ1) is 9.42. The van der Waals surface area contributed by atoms with Crippen molar-refractivity contribution in [2.75, 3.05) is 0 Å². The first-order chi connectivity index (χ1) is 6.05. The average molecular weight is 178 g/mol. The van der Waals surface area contributed by atoms with Gasteiger partial charge in [0.1, 0.15) is 18.3 Å². The molecule has 0 atom stereocenters. The number of hydrogen-bond donors (Lipinski definition) is 1. The Morgan fingerprint density at radius 3 is 2.77 bits per heavy atom. The molecule has 0 fully saturated rings. The van der Waals surface area contributed by atoms with Crippen molar-refractivity contribution in [2.24, 2.45) is 0 Å². The molecule has 68 valence electrons. The zero-order chi connectivity index (χ0) is 9.90. The molecule has 0 spiro atoms. The summed E-state index contributed by atoms with van der Waals surface area (Å²) >= 11 is 0. The Labute approximate surface area is 75.9 Å². The summed E-state index contributed by atoms with van der Waals surface area (Å²) < 4.78 is 1.36. The number of allylic oxidation sites excluding steroid dienone is 1. The molecule has 1 rings (SSSR count). The van der Waals surface area contributed by atoms with Crippen LogP contribution < -0.4 is 0 Å². The van der Waals surface area contributed by atoms with Crippen LogP contribution in [0.25, 0.3) is 5.70 Å². The van der Waals surface area contributed by atoms with Crippen LogP contribution in [-0.4, -0.2) is 25.5 Å². The van der Waals surface area contributed by atoms with E-state index in [-0.39, 0.29) is 0 Å². The molecule has 5 heteroatoms. The molecule has 0 bridgehead atoms. The maximum atomic E-state index is 9.67. The Kier molecular flexibility index (Phi) is 2.44. The van der Waals surface area contributed by atoms with Crippen LogP contribution in [0.5, 0.6) is 0 Å². The lowest BCUT2D eigenvalue weighted by molar-refractivity contribution is 0.136. The lowest BCUT2D eigenvalue weighted by Crippen LogP contribution is -2.25. The van der Waals surface area contributed by atoms with Gasteiger partial charge in [0.2, 0.25) is 0 Å². The fourth-order valence-electron chi connectivity index (χ4n) is 0.917. The van der Waals surface area contributed by atoms with E-state index in [1.807, 2.05) is 6.07 Å². The predicted octanol–water partition coefficient (Wildman–Crippen LogP) is 0.413. The summed E-state index contributed by atoms with van der Waals surface area (Å²) in [4.78, 5) is 3.73. The van der Waals surface area contributed by atoms with E-state index in [0.717, 1.165) is 0 Å². The number of nitrogens with zero attached hydrogens (tertiary/aromatic N) is 4. The second kappa shape index (κ2) is 3.37. The van der Waals surface area contributed by atoms with E-state index in [2.05, 4.69) is 10.1 Å². The third kappa shape index (κ3) is 2.13. The average Bonchev–Trinajstić information content (AvgIpc) is 2.49. The van der Waals surface area contributed by atoms with E-state index >= 15 is 0 Å². The molecule has 0 saturated carbocycles. The molecule has 0 aromatic carbocycles. The molecule has 0 radical (unpaired) electrons. The maximum Gasteiger partial charge on any atom is 0.138 e. The highest BCUT2D eigenvalue weighted by atomic mass is 16.3. The molecule has 1 N–H and O–H groups in total. The van der Waals surface area contributed by atoms with E-state index in [9.17, 15) is 5.11 Å². The molecule has 0 aliphatic heterocycles. The lowest BCUT2D eigenvalue weighted by atomic mass is 10.1. The second-order valence-corrected chi connectivity index (χ2v) is 3.06. The zero-order valence-electron chi connectivity index (χ0n) is 7.47. The van der Waals surface area contributed by atoms with Crippen molar-refractivity contribution < 1.29 is 5.11 Å². The van der Waals surface area contributed by atoms with Crippen LogP contribution in [0.4, 0.5) is 0 Å². The van der Waals surface area contributed by atoms with E-state index in [1.165, 1.54) is 23.4 Å². The smallest absolute Gasteiger partial charge is 0.138 e. The number of nitriles is 1. The summed E-state index contributed by atoms with van der Waals surface area (Å²) in [6.07, 6.45) is 4.02. The molecule has 1 heterocycles. The minimum absolute atomic E-state index is 0.396. The van der Waals surface area contributed by atoms with Crippen molar-refractivity contribution in [2.45, 2.75) is 19.4 Å². The second-order valence-electron chi connectivity index (χ2n) is 3.06. The monoisotopic (exact) mass is 178 g/mol. The van der Waals surface area contributed by atoms with Crippen LogP contribution in [0.3, 0.4) is 0 Å². The number of aliphatic hydroxyl groups is 1. The van der Waals surface area contributed by atoms with Crippen molar-refractivity contribution in [3.8, 4) is 6.07 Å². The topological polar surface area (TPSA) is 74.7 Å². The molecule has 0 saturated heterocycles. The van der Waals surface area contributed by atoms with Crippen LogP contribution in [0.1, 0.15) is 13.8 Å². The summed E-state index contributed by atoms with van der Waals surface area (Å²) in [7, 11) is 0. The molecular weight excluding hydrogens is 168 g/mol. The summed E-state index contributed by atoms with van der Waals surface area (Å²) in [6.45, 7) is 3.16. The molecular formula is C8H10N4O. The van der Waals surface area contributed by atoms with Crippen molar-refractivity contribution >= 4 is 5.70 Å². The van der Waals surface area contributed by atoms with Crippen LogP contribution in [0.15, 0.2) is 18.7 Å². The Balaban J connectivity index is 3.11. The normalized spacial score (nSPS) is 12.6. The van der Waals surface area contributed by atoms with Crippen LogP contribution in [0, 0.1) is 11.3 Å². The lowest BCUT2D eigenvalue weighted by Gasteiger charge is -2.19.